The molecule has 0 spiro atoms. The summed E-state index contributed by atoms with van der Waals surface area (Å²) in [6.45, 7) is 1.21. The fourth-order valence-electron chi connectivity index (χ4n) is 2.88. The fourth-order valence-corrected chi connectivity index (χ4v) is 2.88. The first-order chi connectivity index (χ1) is 11.2. The molecule has 1 N–H and O–H groups in total. The van der Waals surface area contributed by atoms with E-state index in [1.165, 1.54) is 11.1 Å². The normalized spacial score (nSPS) is 12.8. The largest absolute Gasteiger partial charge is 0.355 e. The maximum Gasteiger partial charge on any atom is 0.236 e. The van der Waals surface area contributed by atoms with Gasteiger partial charge in [-0.25, -0.2) is 0 Å². The third-order valence-electron chi connectivity index (χ3n) is 4.08. The molecule has 0 unspecified atom stereocenters. The average Bonchev–Trinajstić information content (AvgIpc) is 3.00. The topological polar surface area (TPSA) is 49.4 Å². The summed E-state index contributed by atoms with van der Waals surface area (Å²) >= 11 is 0. The van der Waals surface area contributed by atoms with Gasteiger partial charge in [-0.05, 0) is 30.0 Å². The maximum absolute atomic E-state index is 12.3. The molecule has 0 fully saturated rings. The quantitative estimate of drug-likeness (QED) is 0.862. The minimum atomic E-state index is -0.213. The Kier molecular flexibility index (Phi) is 4.71. The Morgan fingerprint density at radius 2 is 1.74 bits per heavy atom. The Labute approximate surface area is 136 Å². The number of para-hydroxylation sites is 1. The van der Waals surface area contributed by atoms with Gasteiger partial charge in [-0.1, -0.05) is 48.5 Å². The number of carbonyl (C=O) groups is 2. The van der Waals surface area contributed by atoms with Crippen molar-refractivity contribution in [2.45, 2.75) is 19.3 Å². The molecule has 4 heteroatoms. The molecule has 0 saturated carbocycles. The van der Waals surface area contributed by atoms with Gasteiger partial charge in [0, 0.05) is 18.8 Å². The fraction of sp³-hybridized carbons (Fsp3) is 0.263. The van der Waals surface area contributed by atoms with E-state index in [4.69, 9.17) is 0 Å². The first-order valence-electron chi connectivity index (χ1n) is 7.93. The zero-order chi connectivity index (χ0) is 16.1. The number of hydrogen-bond donors (Lipinski definition) is 1. The number of nitrogens with one attached hydrogen (secondary N) is 1. The Bertz CT molecular complexity index is 698. The first kappa shape index (κ1) is 15.3. The molecule has 2 amide bonds. The van der Waals surface area contributed by atoms with Crippen molar-refractivity contribution in [1.82, 2.24) is 5.32 Å². The molecular weight excluding hydrogens is 288 g/mol. The summed E-state index contributed by atoms with van der Waals surface area (Å²) in [5.74, 6) is -0.345. The van der Waals surface area contributed by atoms with E-state index in [1.807, 2.05) is 54.6 Å². The van der Waals surface area contributed by atoms with Crippen molar-refractivity contribution in [3.63, 3.8) is 0 Å². The standard InChI is InChI=1S/C19H20N2O2/c22-18(20-12-10-15-6-2-1-3-7-15)14-19(23)21-13-11-16-8-4-5-9-17(16)21/h1-9H,10-14H2,(H,20,22). The van der Waals surface area contributed by atoms with Gasteiger partial charge in [0.15, 0.2) is 0 Å². The maximum atomic E-state index is 12.3. The van der Waals surface area contributed by atoms with Gasteiger partial charge < -0.3 is 10.2 Å². The van der Waals surface area contributed by atoms with Crippen LogP contribution in [-0.4, -0.2) is 24.9 Å². The lowest BCUT2D eigenvalue weighted by Gasteiger charge is -2.17. The Hall–Kier alpha value is -2.62. The van der Waals surface area contributed by atoms with Crippen molar-refractivity contribution in [3.8, 4) is 0 Å². The Balaban J connectivity index is 1.48. The molecule has 2 aromatic carbocycles. The zero-order valence-electron chi connectivity index (χ0n) is 13.0. The molecule has 0 saturated heterocycles. The highest BCUT2D eigenvalue weighted by Gasteiger charge is 2.25. The monoisotopic (exact) mass is 308 g/mol. The van der Waals surface area contributed by atoms with Crippen molar-refractivity contribution >= 4 is 17.5 Å². The van der Waals surface area contributed by atoms with E-state index in [2.05, 4.69) is 5.32 Å². The number of fused-ring (bicyclic) bond motifs is 1. The second-order valence-electron chi connectivity index (χ2n) is 5.69. The predicted octanol–water partition coefficient (Wildman–Crippen LogP) is 2.32. The summed E-state index contributed by atoms with van der Waals surface area (Å²) in [6, 6.07) is 17.8. The number of hydrogen-bond acceptors (Lipinski definition) is 2. The van der Waals surface area contributed by atoms with Crippen LogP contribution in [-0.2, 0) is 22.4 Å². The van der Waals surface area contributed by atoms with Crippen molar-refractivity contribution in [2.24, 2.45) is 0 Å². The van der Waals surface area contributed by atoms with Crippen LogP contribution in [0.5, 0.6) is 0 Å². The van der Waals surface area contributed by atoms with Gasteiger partial charge in [-0.15, -0.1) is 0 Å². The van der Waals surface area contributed by atoms with Crippen LogP contribution in [0.15, 0.2) is 54.6 Å². The Morgan fingerprint density at radius 1 is 1.00 bits per heavy atom. The third kappa shape index (κ3) is 3.77. The number of carbonyl (C=O) groups excluding carboxylic acids is 2. The number of nitrogens with zero attached hydrogens (tertiary/aromatic N) is 1. The second kappa shape index (κ2) is 7.09. The van der Waals surface area contributed by atoms with E-state index in [9.17, 15) is 9.59 Å². The summed E-state index contributed by atoms with van der Waals surface area (Å²) in [7, 11) is 0. The van der Waals surface area contributed by atoms with Crippen LogP contribution in [0.3, 0.4) is 0 Å². The highest BCUT2D eigenvalue weighted by atomic mass is 16.2. The minimum absolute atomic E-state index is 0.0941. The van der Waals surface area contributed by atoms with Crippen LogP contribution < -0.4 is 10.2 Å². The molecule has 0 radical (unpaired) electrons. The van der Waals surface area contributed by atoms with E-state index in [0.717, 1.165) is 18.5 Å². The first-order valence-corrected chi connectivity index (χ1v) is 7.93. The molecule has 0 bridgehead atoms. The SMILES string of the molecule is O=C(CC(=O)N1CCc2ccccc21)NCCc1ccccc1. The highest BCUT2D eigenvalue weighted by molar-refractivity contribution is 6.05. The van der Waals surface area contributed by atoms with Crippen LogP contribution >= 0.6 is 0 Å². The molecule has 3 rings (SSSR count). The van der Waals surface area contributed by atoms with Gasteiger partial charge in [0.2, 0.25) is 11.8 Å². The second-order valence-corrected chi connectivity index (χ2v) is 5.69. The van der Waals surface area contributed by atoms with E-state index >= 15 is 0 Å². The molecule has 1 aliphatic heterocycles. The summed E-state index contributed by atoms with van der Waals surface area (Å²) in [4.78, 5) is 26.0. The van der Waals surface area contributed by atoms with Crippen LogP contribution in [0, 0.1) is 0 Å². The van der Waals surface area contributed by atoms with Crippen LogP contribution in [0.1, 0.15) is 17.5 Å². The number of rotatable bonds is 5. The van der Waals surface area contributed by atoms with Gasteiger partial charge in [0.1, 0.15) is 6.42 Å². The van der Waals surface area contributed by atoms with Crippen molar-refractivity contribution in [3.05, 3.63) is 65.7 Å². The number of benzene rings is 2. The minimum Gasteiger partial charge on any atom is -0.355 e. The van der Waals surface area contributed by atoms with Gasteiger partial charge >= 0.3 is 0 Å². The molecule has 0 aromatic heterocycles. The smallest absolute Gasteiger partial charge is 0.236 e. The average molecular weight is 308 g/mol. The lowest BCUT2D eigenvalue weighted by molar-refractivity contribution is -0.127. The van der Waals surface area contributed by atoms with E-state index in [0.29, 0.717) is 13.1 Å². The van der Waals surface area contributed by atoms with E-state index < -0.39 is 0 Å². The Morgan fingerprint density at radius 3 is 2.57 bits per heavy atom. The molecule has 1 heterocycles. The summed E-state index contributed by atoms with van der Waals surface area (Å²) in [5, 5.41) is 2.82. The predicted molar refractivity (Wildman–Crippen MR) is 90.3 cm³/mol. The van der Waals surface area contributed by atoms with Gasteiger partial charge in [0.05, 0.1) is 0 Å². The van der Waals surface area contributed by atoms with Crippen molar-refractivity contribution < 1.29 is 9.59 Å². The van der Waals surface area contributed by atoms with Crippen molar-refractivity contribution in [1.29, 1.82) is 0 Å². The molecular formula is C19H20N2O2. The summed E-state index contributed by atoms with van der Waals surface area (Å²) in [6.07, 6.45) is 1.54. The summed E-state index contributed by atoms with van der Waals surface area (Å²) < 4.78 is 0. The number of anilines is 1. The molecule has 118 valence electrons. The molecule has 2 aromatic rings. The lowest BCUT2D eigenvalue weighted by atomic mass is 10.1. The highest BCUT2D eigenvalue weighted by Crippen LogP contribution is 2.27. The van der Waals surface area contributed by atoms with E-state index in [-0.39, 0.29) is 18.2 Å². The lowest BCUT2D eigenvalue weighted by Crippen LogP contribution is -2.35. The van der Waals surface area contributed by atoms with Gasteiger partial charge in [-0.3, -0.25) is 9.59 Å². The zero-order valence-corrected chi connectivity index (χ0v) is 13.0. The number of amides is 2. The molecule has 4 nitrogen and oxygen atoms in total. The van der Waals surface area contributed by atoms with Crippen molar-refractivity contribution in [2.75, 3.05) is 18.0 Å². The van der Waals surface area contributed by atoms with Crippen LogP contribution in [0.2, 0.25) is 0 Å². The van der Waals surface area contributed by atoms with Gasteiger partial charge in [-0.2, -0.15) is 0 Å². The van der Waals surface area contributed by atoms with E-state index in [1.54, 1.807) is 4.90 Å². The molecule has 0 atom stereocenters. The molecule has 1 aliphatic rings. The summed E-state index contributed by atoms with van der Waals surface area (Å²) in [5.41, 5.74) is 3.28. The van der Waals surface area contributed by atoms with Crippen LogP contribution in [0.25, 0.3) is 0 Å². The van der Waals surface area contributed by atoms with Crippen LogP contribution in [0.4, 0.5) is 5.69 Å². The van der Waals surface area contributed by atoms with Gasteiger partial charge in [0.25, 0.3) is 0 Å². The third-order valence-corrected chi connectivity index (χ3v) is 4.08. The molecule has 0 aliphatic carbocycles. The molecule has 23 heavy (non-hydrogen) atoms.